The summed E-state index contributed by atoms with van der Waals surface area (Å²) in [5.74, 6) is 0.897. The Hall–Kier alpha value is -2.34. The van der Waals surface area contributed by atoms with Crippen molar-refractivity contribution in [1.29, 1.82) is 0 Å². The van der Waals surface area contributed by atoms with Crippen molar-refractivity contribution < 1.29 is 4.79 Å². The van der Waals surface area contributed by atoms with E-state index in [4.69, 9.17) is 0 Å². The average Bonchev–Trinajstić information content (AvgIpc) is 3.27. The molecule has 6 heteroatoms. The third kappa shape index (κ3) is 4.58. The predicted octanol–water partition coefficient (Wildman–Crippen LogP) is 2.52. The van der Waals surface area contributed by atoms with Crippen LogP contribution in [0.2, 0.25) is 0 Å². The van der Waals surface area contributed by atoms with Crippen LogP contribution >= 0.6 is 0 Å². The second kappa shape index (κ2) is 7.97. The van der Waals surface area contributed by atoms with E-state index in [2.05, 4.69) is 37.6 Å². The summed E-state index contributed by atoms with van der Waals surface area (Å²) in [7, 11) is 0. The highest BCUT2D eigenvalue weighted by Gasteiger charge is 2.13. The van der Waals surface area contributed by atoms with Crippen LogP contribution in [0.25, 0.3) is 0 Å². The fourth-order valence-electron chi connectivity index (χ4n) is 2.98. The maximum absolute atomic E-state index is 12.2. The Balaban J connectivity index is 1.48. The lowest BCUT2D eigenvalue weighted by Gasteiger charge is -2.19. The van der Waals surface area contributed by atoms with Gasteiger partial charge in [0.2, 0.25) is 5.91 Å². The maximum Gasteiger partial charge on any atom is 0.225 e. The fourth-order valence-corrected chi connectivity index (χ4v) is 2.98. The Morgan fingerprint density at radius 2 is 2.21 bits per heavy atom. The molecule has 1 fully saturated rings. The number of H-pyrrole nitrogens is 1. The smallest absolute Gasteiger partial charge is 0.225 e. The SMILES string of the molecule is CC(CC(=O)Nc1cccc(N2CCCC2)c1)NCc1ncc[nH]1. The van der Waals surface area contributed by atoms with E-state index in [1.807, 2.05) is 19.1 Å². The number of benzene rings is 1. The first-order valence-corrected chi connectivity index (χ1v) is 8.57. The molecule has 1 aromatic heterocycles. The summed E-state index contributed by atoms with van der Waals surface area (Å²) in [6.45, 7) is 4.84. The highest BCUT2D eigenvalue weighted by molar-refractivity contribution is 5.91. The van der Waals surface area contributed by atoms with Gasteiger partial charge in [0, 0.05) is 49.3 Å². The molecule has 0 radical (unpaired) electrons. The number of carbonyl (C=O) groups excluding carboxylic acids is 1. The number of aromatic amines is 1. The fraction of sp³-hybridized carbons (Fsp3) is 0.444. The lowest BCUT2D eigenvalue weighted by molar-refractivity contribution is -0.116. The molecule has 1 unspecified atom stereocenters. The summed E-state index contributed by atoms with van der Waals surface area (Å²) in [6.07, 6.45) is 6.43. The molecule has 2 heterocycles. The van der Waals surface area contributed by atoms with Crippen LogP contribution in [0, 0.1) is 0 Å². The molecular weight excluding hydrogens is 302 g/mol. The average molecular weight is 327 g/mol. The number of rotatable bonds is 7. The van der Waals surface area contributed by atoms with Gasteiger partial charge >= 0.3 is 0 Å². The van der Waals surface area contributed by atoms with Gasteiger partial charge in [-0.25, -0.2) is 4.98 Å². The summed E-state index contributed by atoms with van der Waals surface area (Å²) in [5.41, 5.74) is 2.05. The van der Waals surface area contributed by atoms with E-state index in [0.29, 0.717) is 13.0 Å². The minimum atomic E-state index is 0.0213. The molecule has 3 N–H and O–H groups in total. The Kier molecular flexibility index (Phi) is 5.48. The van der Waals surface area contributed by atoms with Gasteiger partial charge < -0.3 is 20.5 Å². The van der Waals surface area contributed by atoms with Gasteiger partial charge in [-0.05, 0) is 38.0 Å². The Labute approximate surface area is 142 Å². The molecule has 1 atom stereocenters. The molecule has 6 nitrogen and oxygen atoms in total. The van der Waals surface area contributed by atoms with Gasteiger partial charge in [0.15, 0.2) is 0 Å². The van der Waals surface area contributed by atoms with E-state index in [0.717, 1.165) is 24.6 Å². The van der Waals surface area contributed by atoms with Gasteiger partial charge in [-0.15, -0.1) is 0 Å². The molecule has 0 saturated carbocycles. The third-order valence-corrected chi connectivity index (χ3v) is 4.27. The third-order valence-electron chi connectivity index (χ3n) is 4.27. The molecule has 128 valence electrons. The number of amides is 1. The van der Waals surface area contributed by atoms with Crippen LogP contribution in [0.5, 0.6) is 0 Å². The topological polar surface area (TPSA) is 73.1 Å². The van der Waals surface area contributed by atoms with Gasteiger partial charge in [-0.3, -0.25) is 4.79 Å². The second-order valence-corrected chi connectivity index (χ2v) is 6.31. The zero-order valence-corrected chi connectivity index (χ0v) is 14.1. The lowest BCUT2D eigenvalue weighted by atomic mass is 10.2. The number of imidazole rings is 1. The number of hydrogen-bond acceptors (Lipinski definition) is 4. The van der Waals surface area contributed by atoms with Crippen LogP contribution < -0.4 is 15.5 Å². The summed E-state index contributed by atoms with van der Waals surface area (Å²) >= 11 is 0. The van der Waals surface area contributed by atoms with E-state index in [9.17, 15) is 4.79 Å². The second-order valence-electron chi connectivity index (χ2n) is 6.31. The minimum Gasteiger partial charge on any atom is -0.371 e. The summed E-state index contributed by atoms with van der Waals surface area (Å²) < 4.78 is 0. The van der Waals surface area contributed by atoms with Crippen LogP contribution in [-0.2, 0) is 11.3 Å². The van der Waals surface area contributed by atoms with Crippen molar-refractivity contribution in [1.82, 2.24) is 15.3 Å². The van der Waals surface area contributed by atoms with Gasteiger partial charge in [-0.1, -0.05) is 6.07 Å². The molecule has 1 saturated heterocycles. The summed E-state index contributed by atoms with van der Waals surface area (Å²) in [6, 6.07) is 8.19. The Morgan fingerprint density at radius 3 is 2.96 bits per heavy atom. The van der Waals surface area contributed by atoms with Crippen molar-refractivity contribution in [2.24, 2.45) is 0 Å². The van der Waals surface area contributed by atoms with E-state index >= 15 is 0 Å². The lowest BCUT2D eigenvalue weighted by Crippen LogP contribution is -2.30. The van der Waals surface area contributed by atoms with E-state index < -0.39 is 0 Å². The van der Waals surface area contributed by atoms with Crippen molar-refractivity contribution in [3.8, 4) is 0 Å². The monoisotopic (exact) mass is 327 g/mol. The highest BCUT2D eigenvalue weighted by Crippen LogP contribution is 2.23. The van der Waals surface area contributed by atoms with E-state index in [1.165, 1.54) is 18.5 Å². The van der Waals surface area contributed by atoms with Gasteiger partial charge in [-0.2, -0.15) is 0 Å². The van der Waals surface area contributed by atoms with E-state index in [1.54, 1.807) is 12.4 Å². The molecule has 0 aliphatic carbocycles. The van der Waals surface area contributed by atoms with Crippen molar-refractivity contribution in [3.63, 3.8) is 0 Å². The quantitative estimate of drug-likeness (QED) is 0.730. The molecule has 1 aromatic carbocycles. The Morgan fingerprint density at radius 1 is 1.38 bits per heavy atom. The normalized spacial score (nSPS) is 15.5. The van der Waals surface area contributed by atoms with Crippen molar-refractivity contribution in [2.75, 3.05) is 23.3 Å². The number of aromatic nitrogens is 2. The van der Waals surface area contributed by atoms with E-state index in [-0.39, 0.29) is 11.9 Å². The van der Waals surface area contributed by atoms with Crippen LogP contribution in [0.15, 0.2) is 36.7 Å². The van der Waals surface area contributed by atoms with Crippen molar-refractivity contribution >= 4 is 17.3 Å². The number of nitrogens with zero attached hydrogens (tertiary/aromatic N) is 2. The molecule has 0 spiro atoms. The van der Waals surface area contributed by atoms with Crippen molar-refractivity contribution in [3.05, 3.63) is 42.5 Å². The molecule has 1 aliphatic rings. The minimum absolute atomic E-state index is 0.0213. The Bertz CT molecular complexity index is 649. The molecule has 3 rings (SSSR count). The van der Waals surface area contributed by atoms with Gasteiger partial charge in [0.1, 0.15) is 5.82 Å². The van der Waals surface area contributed by atoms with Gasteiger partial charge in [0.25, 0.3) is 0 Å². The zero-order chi connectivity index (χ0) is 16.8. The molecule has 1 aliphatic heterocycles. The molecule has 1 amide bonds. The highest BCUT2D eigenvalue weighted by atomic mass is 16.1. The maximum atomic E-state index is 12.2. The number of hydrogen-bond donors (Lipinski definition) is 3. The van der Waals surface area contributed by atoms with Crippen molar-refractivity contribution in [2.45, 2.75) is 38.8 Å². The first kappa shape index (κ1) is 16.5. The number of nitrogens with one attached hydrogen (secondary N) is 3. The van der Waals surface area contributed by atoms with Crippen LogP contribution in [0.1, 0.15) is 32.0 Å². The van der Waals surface area contributed by atoms with Crippen LogP contribution in [0.4, 0.5) is 11.4 Å². The summed E-state index contributed by atoms with van der Waals surface area (Å²) in [4.78, 5) is 21.8. The first-order valence-electron chi connectivity index (χ1n) is 8.57. The molecule has 24 heavy (non-hydrogen) atoms. The van der Waals surface area contributed by atoms with Gasteiger partial charge in [0.05, 0.1) is 6.54 Å². The summed E-state index contributed by atoms with van der Waals surface area (Å²) in [5, 5.41) is 6.30. The molecule has 2 aromatic rings. The standard InChI is InChI=1S/C18H25N5O/c1-14(21-13-17-19-7-8-20-17)11-18(24)22-15-5-4-6-16(12-15)23-9-2-3-10-23/h4-8,12,14,21H,2-3,9-11,13H2,1H3,(H,19,20)(H,22,24). The molecular formula is C18H25N5O. The zero-order valence-electron chi connectivity index (χ0n) is 14.1. The molecule has 0 bridgehead atoms. The largest absolute Gasteiger partial charge is 0.371 e. The number of anilines is 2. The number of carbonyl (C=O) groups is 1. The van der Waals surface area contributed by atoms with Crippen LogP contribution in [0.3, 0.4) is 0 Å². The van der Waals surface area contributed by atoms with Crippen LogP contribution in [-0.4, -0.2) is 35.0 Å². The predicted molar refractivity (Wildman–Crippen MR) is 96.0 cm³/mol. The first-order chi connectivity index (χ1) is 11.7.